The summed E-state index contributed by atoms with van der Waals surface area (Å²) in [6.45, 7) is 21.2. The molecule has 5 fully saturated rings. The Morgan fingerprint density at radius 3 is 2.12 bits per heavy atom. The number of hydrogen-bond donors (Lipinski definition) is 2. The molecule has 0 radical (unpaired) electrons. The highest BCUT2D eigenvalue weighted by Crippen LogP contribution is 2.77. The second kappa shape index (κ2) is 15.6. The molecule has 0 aliphatic heterocycles. The maximum Gasteiger partial charge on any atom is 0.309 e. The Labute approximate surface area is 344 Å². The van der Waals surface area contributed by atoms with Crippen LogP contribution in [0.15, 0.2) is 11.1 Å². The van der Waals surface area contributed by atoms with Gasteiger partial charge in [0.2, 0.25) is 5.91 Å². The van der Waals surface area contributed by atoms with E-state index in [0.29, 0.717) is 24.8 Å². The van der Waals surface area contributed by atoms with E-state index in [1.54, 1.807) is 13.8 Å². The molecule has 322 valence electrons. The molecule has 5 saturated carbocycles. The number of likely N-dealkylation sites (N-methyl/N-ethyl adjacent to an activating group) is 1. The van der Waals surface area contributed by atoms with E-state index in [9.17, 15) is 29.4 Å². The van der Waals surface area contributed by atoms with Gasteiger partial charge in [0.05, 0.1) is 17.9 Å². The number of fused-ring (bicyclic) bond motifs is 7. The molecule has 0 bridgehead atoms. The standard InChI is InChI=1S/C48H78N2O7/c1-30(2)39-33(51)27-48(36(52)29-50(26-25-49(10)11)41(54)31-15-13-12-14-16-31)24-23-46(8)32(40(39)48)17-18-35-45(7)21-20-37(57-38(53)28-43(3,4)42(55)56)44(5,6)34(45)19-22-47(35,46)9/h30-32,34-37,52H,12-29H2,1-11H3,(H,55,56)/t32-,34?,35-,36+,37+,45+,46-,47-,48+/m1/s1. The molecule has 9 nitrogen and oxygen atoms in total. The van der Waals surface area contributed by atoms with Crippen molar-refractivity contribution in [3.8, 4) is 0 Å². The highest BCUT2D eigenvalue weighted by molar-refractivity contribution is 6.00. The smallest absolute Gasteiger partial charge is 0.309 e. The van der Waals surface area contributed by atoms with E-state index >= 15 is 0 Å². The molecule has 0 aromatic rings. The molecule has 1 amide bonds. The number of aliphatic hydroxyl groups excluding tert-OH is 1. The van der Waals surface area contributed by atoms with E-state index in [4.69, 9.17) is 4.74 Å². The summed E-state index contributed by atoms with van der Waals surface area (Å²) in [5.41, 5.74) is 0.103. The van der Waals surface area contributed by atoms with Crippen LogP contribution < -0.4 is 0 Å². The lowest BCUT2D eigenvalue weighted by Crippen LogP contribution is -2.66. The molecule has 6 aliphatic carbocycles. The van der Waals surface area contributed by atoms with E-state index in [0.717, 1.165) is 89.2 Å². The van der Waals surface area contributed by atoms with Crippen molar-refractivity contribution in [3.05, 3.63) is 11.1 Å². The van der Waals surface area contributed by atoms with Gasteiger partial charge in [-0.15, -0.1) is 0 Å². The van der Waals surface area contributed by atoms with Gasteiger partial charge in [-0.3, -0.25) is 19.2 Å². The van der Waals surface area contributed by atoms with Gasteiger partial charge < -0.3 is 24.7 Å². The van der Waals surface area contributed by atoms with Crippen LogP contribution in [0, 0.1) is 62.1 Å². The average molecular weight is 795 g/mol. The summed E-state index contributed by atoms with van der Waals surface area (Å²) in [6, 6.07) is 0. The lowest BCUT2D eigenvalue weighted by Gasteiger charge is -2.72. The number of amides is 1. The molecule has 0 heterocycles. The topological polar surface area (TPSA) is 124 Å². The van der Waals surface area contributed by atoms with Crippen molar-refractivity contribution in [1.29, 1.82) is 0 Å². The molecule has 2 N–H and O–H groups in total. The predicted octanol–water partition coefficient (Wildman–Crippen LogP) is 8.71. The van der Waals surface area contributed by atoms with Crippen molar-refractivity contribution < 1.29 is 34.1 Å². The number of carboxylic acids is 1. The number of aliphatic carboxylic acids is 1. The summed E-state index contributed by atoms with van der Waals surface area (Å²) in [5, 5.41) is 22.3. The maximum atomic E-state index is 14.3. The van der Waals surface area contributed by atoms with Crippen molar-refractivity contribution in [2.24, 2.45) is 62.1 Å². The van der Waals surface area contributed by atoms with Crippen LogP contribution in [0.5, 0.6) is 0 Å². The second-order valence-corrected chi connectivity index (χ2v) is 22.5. The summed E-state index contributed by atoms with van der Waals surface area (Å²) < 4.78 is 6.19. The van der Waals surface area contributed by atoms with Crippen LogP contribution in [0.3, 0.4) is 0 Å². The summed E-state index contributed by atoms with van der Waals surface area (Å²) >= 11 is 0. The molecule has 0 aromatic carbocycles. The normalized spacial score (nSPS) is 37.3. The van der Waals surface area contributed by atoms with Gasteiger partial charge in [0, 0.05) is 42.8 Å². The number of carbonyl (C=O) groups excluding carboxylic acids is 3. The third-order valence-corrected chi connectivity index (χ3v) is 18.0. The Hall–Kier alpha value is -2.26. The fraction of sp³-hybridized carbons (Fsp3) is 0.875. The van der Waals surface area contributed by atoms with E-state index in [1.165, 1.54) is 12.0 Å². The predicted molar refractivity (Wildman–Crippen MR) is 223 cm³/mol. The van der Waals surface area contributed by atoms with Crippen molar-refractivity contribution >= 4 is 23.6 Å². The first-order valence-electron chi connectivity index (χ1n) is 22.8. The average Bonchev–Trinajstić information content (AvgIpc) is 3.44. The molecule has 57 heavy (non-hydrogen) atoms. The van der Waals surface area contributed by atoms with Crippen molar-refractivity contribution in [2.45, 2.75) is 171 Å². The number of carboxylic acid groups (broad SMARTS) is 1. The van der Waals surface area contributed by atoms with Gasteiger partial charge in [0.15, 0.2) is 5.78 Å². The zero-order valence-electron chi connectivity index (χ0n) is 37.6. The fourth-order valence-electron chi connectivity index (χ4n) is 14.5. The van der Waals surface area contributed by atoms with Crippen LogP contribution in [0.1, 0.15) is 159 Å². The number of nitrogens with zero attached hydrogens (tertiary/aromatic N) is 2. The van der Waals surface area contributed by atoms with E-state index in [2.05, 4.69) is 53.4 Å². The molecule has 1 unspecified atom stereocenters. The van der Waals surface area contributed by atoms with Gasteiger partial charge in [-0.25, -0.2) is 0 Å². The summed E-state index contributed by atoms with van der Waals surface area (Å²) in [6.07, 6.45) is 11.9. The number of allylic oxidation sites excluding steroid dienone is 1. The molecule has 0 aromatic heterocycles. The third-order valence-electron chi connectivity index (χ3n) is 18.0. The number of carbonyl (C=O) groups is 4. The minimum atomic E-state index is -1.18. The van der Waals surface area contributed by atoms with Gasteiger partial charge in [0.1, 0.15) is 6.10 Å². The van der Waals surface area contributed by atoms with Crippen molar-refractivity contribution in [3.63, 3.8) is 0 Å². The molecule has 9 heteroatoms. The van der Waals surface area contributed by atoms with Gasteiger partial charge in [-0.05, 0) is 138 Å². The van der Waals surface area contributed by atoms with Gasteiger partial charge >= 0.3 is 11.9 Å². The zero-order valence-corrected chi connectivity index (χ0v) is 37.6. The van der Waals surface area contributed by atoms with E-state index in [1.807, 2.05) is 19.0 Å². The third kappa shape index (κ3) is 7.37. The number of aliphatic hydroxyl groups is 1. The van der Waals surface area contributed by atoms with Gasteiger partial charge in [0.25, 0.3) is 0 Å². The van der Waals surface area contributed by atoms with Crippen LogP contribution in [0.2, 0.25) is 0 Å². The molecular formula is C48H78N2O7. The highest BCUT2D eigenvalue weighted by Gasteiger charge is 2.71. The molecule has 6 rings (SSSR count). The fourth-order valence-corrected chi connectivity index (χ4v) is 14.5. The van der Waals surface area contributed by atoms with Gasteiger partial charge in [-0.2, -0.15) is 0 Å². The van der Waals surface area contributed by atoms with E-state index in [-0.39, 0.29) is 70.2 Å². The van der Waals surface area contributed by atoms with Crippen LogP contribution in [0.4, 0.5) is 0 Å². The Kier molecular flexibility index (Phi) is 12.2. The van der Waals surface area contributed by atoms with Crippen LogP contribution in [-0.4, -0.2) is 89.6 Å². The van der Waals surface area contributed by atoms with Crippen LogP contribution >= 0.6 is 0 Å². The maximum absolute atomic E-state index is 14.3. The number of ether oxygens (including phenoxy) is 1. The Bertz CT molecular complexity index is 1610. The highest BCUT2D eigenvalue weighted by atomic mass is 16.5. The second-order valence-electron chi connectivity index (χ2n) is 22.5. The molecule has 0 spiro atoms. The first-order valence-corrected chi connectivity index (χ1v) is 22.8. The summed E-state index contributed by atoms with van der Waals surface area (Å²) in [7, 11) is 4.06. The lowest BCUT2D eigenvalue weighted by molar-refractivity contribution is -0.235. The zero-order chi connectivity index (χ0) is 42.1. The number of esters is 1. The minimum absolute atomic E-state index is 0.0127. The minimum Gasteiger partial charge on any atom is -0.481 e. The van der Waals surface area contributed by atoms with Gasteiger partial charge in [-0.1, -0.05) is 73.3 Å². The molecule has 9 atom stereocenters. The first kappa shape index (κ1) is 44.3. The summed E-state index contributed by atoms with van der Waals surface area (Å²) in [4.78, 5) is 57.5. The first-order chi connectivity index (χ1) is 26.5. The lowest BCUT2D eigenvalue weighted by atomic mass is 9.33. The van der Waals surface area contributed by atoms with Crippen LogP contribution in [-0.2, 0) is 23.9 Å². The van der Waals surface area contributed by atoms with Crippen LogP contribution in [0.25, 0.3) is 0 Å². The summed E-state index contributed by atoms with van der Waals surface area (Å²) in [5.74, 6) is 0.0470. The van der Waals surface area contributed by atoms with Crippen molar-refractivity contribution in [1.82, 2.24) is 9.80 Å². The quantitative estimate of drug-likeness (QED) is 0.188. The monoisotopic (exact) mass is 795 g/mol. The SMILES string of the molecule is CC(C)C1=C2[C@H]3CC[C@@H]4[C@@]5(C)CC[C@H](OC(=O)CC(C)(C)C(=O)O)C(C)(C)C5CC[C@@]4(C)[C@]3(C)CC[C@@]2([C@@H](O)CN(CCN(C)C)C(=O)C2CCCCC2)CC1=O. The number of rotatable bonds is 12. The largest absolute Gasteiger partial charge is 0.481 e. The molecule has 0 saturated heterocycles. The Morgan fingerprint density at radius 2 is 1.51 bits per heavy atom. The number of ketones is 1. The molecule has 6 aliphatic rings. The Morgan fingerprint density at radius 1 is 0.842 bits per heavy atom. The van der Waals surface area contributed by atoms with Crippen molar-refractivity contribution in [2.75, 3.05) is 33.7 Å². The molecular weight excluding hydrogens is 717 g/mol. The number of Topliss-reactive ketones (excluding diaryl/α,β-unsaturated/α-hetero) is 1. The Balaban J connectivity index is 1.29. The van der Waals surface area contributed by atoms with E-state index < -0.39 is 28.9 Å². The number of hydrogen-bond acceptors (Lipinski definition) is 7.